The first kappa shape index (κ1) is 12.7. The molecule has 3 nitrogen and oxygen atoms in total. The van der Waals surface area contributed by atoms with Crippen LogP contribution in [0.3, 0.4) is 0 Å². The van der Waals surface area contributed by atoms with E-state index in [2.05, 4.69) is 0 Å². The predicted octanol–water partition coefficient (Wildman–Crippen LogP) is 3.13. The van der Waals surface area contributed by atoms with E-state index in [-0.39, 0.29) is 12.1 Å². The largest absolute Gasteiger partial charge is 0.444 e. The molecule has 3 atom stereocenters. The summed E-state index contributed by atoms with van der Waals surface area (Å²) in [4.78, 5) is 13.7. The number of alkyl halides is 1. The van der Waals surface area contributed by atoms with Crippen molar-refractivity contribution in [3.05, 3.63) is 0 Å². The number of likely N-dealkylation sites (tertiary alicyclic amines) is 1. The van der Waals surface area contributed by atoms with Gasteiger partial charge in [0.05, 0.1) is 0 Å². The summed E-state index contributed by atoms with van der Waals surface area (Å²) in [5, 5.41) is 0. The molecule has 0 spiro atoms. The zero-order valence-corrected chi connectivity index (χ0v) is 10.9. The lowest BCUT2D eigenvalue weighted by Crippen LogP contribution is -2.44. The van der Waals surface area contributed by atoms with Gasteiger partial charge >= 0.3 is 6.09 Å². The van der Waals surface area contributed by atoms with Crippen LogP contribution in [-0.4, -0.2) is 35.4 Å². The third-order valence-electron chi connectivity index (χ3n) is 3.66. The lowest BCUT2D eigenvalue weighted by atomic mass is 9.84. The second kappa shape index (κ2) is 4.46. The van der Waals surface area contributed by atoms with Crippen molar-refractivity contribution in [3.8, 4) is 0 Å². The molecule has 1 unspecified atom stereocenters. The molecule has 2 aliphatic rings. The molecule has 0 bridgehead atoms. The van der Waals surface area contributed by atoms with Gasteiger partial charge in [-0.3, -0.25) is 0 Å². The number of carbonyl (C=O) groups excluding carboxylic acids is 1. The van der Waals surface area contributed by atoms with Crippen LogP contribution >= 0.6 is 0 Å². The molecule has 1 aliphatic carbocycles. The molecule has 0 aromatic carbocycles. The van der Waals surface area contributed by atoms with Crippen LogP contribution in [0.4, 0.5) is 9.18 Å². The summed E-state index contributed by atoms with van der Waals surface area (Å²) in [6, 6.07) is 0.0635. The van der Waals surface area contributed by atoms with Crippen molar-refractivity contribution >= 4 is 6.09 Å². The van der Waals surface area contributed by atoms with E-state index < -0.39 is 11.8 Å². The Bertz CT molecular complexity index is 300. The van der Waals surface area contributed by atoms with Crippen LogP contribution in [0.1, 0.15) is 46.5 Å². The maximum Gasteiger partial charge on any atom is 0.410 e. The normalized spacial score (nSPS) is 33.4. The Balaban J connectivity index is 1.99. The van der Waals surface area contributed by atoms with Gasteiger partial charge in [-0.05, 0) is 52.4 Å². The molecule has 0 aromatic heterocycles. The van der Waals surface area contributed by atoms with Crippen molar-refractivity contribution in [2.45, 2.75) is 64.3 Å². The molecule has 1 heterocycles. The van der Waals surface area contributed by atoms with Gasteiger partial charge in [0.2, 0.25) is 0 Å². The van der Waals surface area contributed by atoms with Crippen LogP contribution in [0.5, 0.6) is 0 Å². The fraction of sp³-hybridized carbons (Fsp3) is 0.923. The number of hydrogen-bond donors (Lipinski definition) is 0. The van der Waals surface area contributed by atoms with E-state index in [4.69, 9.17) is 4.74 Å². The molecular formula is C13H22FNO2. The Kier molecular flexibility index (Phi) is 3.32. The molecule has 0 N–H and O–H groups in total. The zero-order chi connectivity index (χ0) is 12.6. The first-order chi connectivity index (χ1) is 7.87. The maximum atomic E-state index is 13.4. The molecule has 1 saturated carbocycles. The first-order valence-corrected chi connectivity index (χ1v) is 6.50. The Morgan fingerprint density at radius 1 is 1.29 bits per heavy atom. The number of carbonyl (C=O) groups is 1. The number of amides is 1. The molecule has 0 radical (unpaired) electrons. The molecule has 0 aromatic rings. The summed E-state index contributed by atoms with van der Waals surface area (Å²) < 4.78 is 18.8. The van der Waals surface area contributed by atoms with Gasteiger partial charge in [-0.1, -0.05) is 0 Å². The number of nitrogens with zero attached hydrogens (tertiary/aromatic N) is 1. The molecule has 4 heteroatoms. The average molecular weight is 243 g/mol. The zero-order valence-electron chi connectivity index (χ0n) is 10.9. The Hall–Kier alpha value is -0.800. The summed E-state index contributed by atoms with van der Waals surface area (Å²) in [6.07, 6.45) is 2.02. The third kappa shape index (κ3) is 2.90. The minimum atomic E-state index is -0.751. The van der Waals surface area contributed by atoms with Crippen LogP contribution in [0.2, 0.25) is 0 Å². The van der Waals surface area contributed by atoms with E-state index in [1.54, 1.807) is 4.90 Å². The second-order valence-corrected chi connectivity index (χ2v) is 6.20. The predicted molar refractivity (Wildman–Crippen MR) is 63.6 cm³/mol. The molecule has 1 aliphatic heterocycles. The molecule has 17 heavy (non-hydrogen) atoms. The number of ether oxygens (including phenoxy) is 1. The highest BCUT2D eigenvalue weighted by Gasteiger charge is 2.42. The van der Waals surface area contributed by atoms with E-state index in [1.165, 1.54) is 0 Å². The summed E-state index contributed by atoms with van der Waals surface area (Å²) in [7, 11) is 0. The lowest BCUT2D eigenvalue weighted by Gasteiger charge is -2.34. The maximum absolute atomic E-state index is 13.4. The smallest absolute Gasteiger partial charge is 0.410 e. The van der Waals surface area contributed by atoms with Crippen LogP contribution in [0, 0.1) is 5.92 Å². The minimum Gasteiger partial charge on any atom is -0.444 e. The fourth-order valence-corrected chi connectivity index (χ4v) is 2.90. The monoisotopic (exact) mass is 243 g/mol. The fourth-order valence-electron chi connectivity index (χ4n) is 2.90. The van der Waals surface area contributed by atoms with Crippen molar-refractivity contribution in [1.29, 1.82) is 0 Å². The molecule has 98 valence electrons. The Morgan fingerprint density at radius 3 is 2.65 bits per heavy atom. The van der Waals surface area contributed by atoms with Crippen molar-refractivity contribution in [3.63, 3.8) is 0 Å². The van der Waals surface area contributed by atoms with Gasteiger partial charge in [0.25, 0.3) is 0 Å². The molecule has 1 amide bonds. The quantitative estimate of drug-likeness (QED) is 0.654. The van der Waals surface area contributed by atoms with Crippen molar-refractivity contribution in [1.82, 2.24) is 4.90 Å². The lowest BCUT2D eigenvalue weighted by molar-refractivity contribution is 0.0143. The number of halogens is 1. The topological polar surface area (TPSA) is 29.5 Å². The van der Waals surface area contributed by atoms with Gasteiger partial charge in [0, 0.05) is 12.6 Å². The van der Waals surface area contributed by atoms with E-state index in [0.717, 1.165) is 19.4 Å². The van der Waals surface area contributed by atoms with Crippen molar-refractivity contribution in [2.24, 2.45) is 5.92 Å². The third-order valence-corrected chi connectivity index (χ3v) is 3.66. The average Bonchev–Trinajstić information content (AvgIpc) is 2.57. The summed E-state index contributed by atoms with van der Waals surface area (Å²) in [6.45, 7) is 6.29. The summed E-state index contributed by atoms with van der Waals surface area (Å²) >= 11 is 0. The number of hydrogen-bond acceptors (Lipinski definition) is 2. The van der Waals surface area contributed by atoms with E-state index in [9.17, 15) is 9.18 Å². The SMILES string of the molecule is CC(C)(C)OC(=O)N1CCC2CC[C@H](F)C[C@@H]21. The standard InChI is InChI=1S/C13H22FNO2/c1-13(2,3)17-12(16)15-7-6-9-4-5-10(14)8-11(9)15/h9-11H,4-8H2,1-3H3/t9?,10-,11-/m0/s1. The van der Waals surface area contributed by atoms with Gasteiger partial charge in [-0.15, -0.1) is 0 Å². The van der Waals surface area contributed by atoms with Gasteiger partial charge in [0.1, 0.15) is 11.8 Å². The Labute approximate surface area is 102 Å². The van der Waals surface area contributed by atoms with Crippen molar-refractivity contribution < 1.29 is 13.9 Å². The highest BCUT2D eigenvalue weighted by Crippen LogP contribution is 2.37. The first-order valence-electron chi connectivity index (χ1n) is 6.50. The van der Waals surface area contributed by atoms with E-state index in [0.29, 0.717) is 18.8 Å². The van der Waals surface area contributed by atoms with Crippen LogP contribution in [0.15, 0.2) is 0 Å². The highest BCUT2D eigenvalue weighted by molar-refractivity contribution is 5.69. The number of fused-ring (bicyclic) bond motifs is 1. The minimum absolute atomic E-state index is 0.0635. The summed E-state index contributed by atoms with van der Waals surface area (Å²) in [5.41, 5.74) is -0.473. The molecule has 2 rings (SSSR count). The van der Waals surface area contributed by atoms with Gasteiger partial charge in [0.15, 0.2) is 0 Å². The van der Waals surface area contributed by atoms with Crippen LogP contribution in [-0.2, 0) is 4.74 Å². The van der Waals surface area contributed by atoms with Gasteiger partial charge < -0.3 is 9.64 Å². The van der Waals surface area contributed by atoms with E-state index >= 15 is 0 Å². The van der Waals surface area contributed by atoms with Crippen LogP contribution in [0.25, 0.3) is 0 Å². The van der Waals surface area contributed by atoms with Crippen LogP contribution < -0.4 is 0 Å². The Morgan fingerprint density at radius 2 is 2.00 bits per heavy atom. The molecule has 1 saturated heterocycles. The molecular weight excluding hydrogens is 221 g/mol. The van der Waals surface area contributed by atoms with Crippen molar-refractivity contribution in [2.75, 3.05) is 6.54 Å². The highest BCUT2D eigenvalue weighted by atomic mass is 19.1. The number of rotatable bonds is 0. The van der Waals surface area contributed by atoms with Gasteiger partial charge in [-0.25, -0.2) is 9.18 Å². The van der Waals surface area contributed by atoms with E-state index in [1.807, 2.05) is 20.8 Å². The molecule has 2 fully saturated rings. The van der Waals surface area contributed by atoms with Gasteiger partial charge in [-0.2, -0.15) is 0 Å². The second-order valence-electron chi connectivity index (χ2n) is 6.20. The summed E-state index contributed by atoms with van der Waals surface area (Å²) in [5.74, 6) is 0.481.